The van der Waals surface area contributed by atoms with E-state index in [4.69, 9.17) is 5.11 Å². The van der Waals surface area contributed by atoms with Crippen molar-refractivity contribution in [2.45, 2.75) is 12.8 Å². The number of carbonyl (C=O) groups excluding carboxylic acids is 1. The van der Waals surface area contributed by atoms with Gasteiger partial charge < -0.3 is 20.4 Å². The maximum Gasteiger partial charge on any atom is 0.339 e. The first-order valence-corrected chi connectivity index (χ1v) is 6.06. The van der Waals surface area contributed by atoms with Crippen LogP contribution in [0.5, 0.6) is 5.75 Å². The molecule has 1 aromatic carbocycles. The van der Waals surface area contributed by atoms with Gasteiger partial charge in [-0.3, -0.25) is 0 Å². The Balaban J connectivity index is 2.07. The van der Waals surface area contributed by atoms with Gasteiger partial charge in [0.25, 0.3) is 0 Å². The van der Waals surface area contributed by atoms with Crippen LogP contribution in [0, 0.1) is 5.92 Å². The van der Waals surface area contributed by atoms with Crippen LogP contribution in [-0.4, -0.2) is 40.7 Å². The summed E-state index contributed by atoms with van der Waals surface area (Å²) in [7, 11) is 1.67. The Labute approximate surface area is 110 Å². The van der Waals surface area contributed by atoms with Gasteiger partial charge in [0.2, 0.25) is 0 Å². The van der Waals surface area contributed by atoms with E-state index < -0.39 is 11.7 Å². The number of hydrogen-bond donors (Lipinski definition) is 3. The molecule has 0 saturated heterocycles. The van der Waals surface area contributed by atoms with Crippen molar-refractivity contribution in [3.05, 3.63) is 23.8 Å². The van der Waals surface area contributed by atoms with Gasteiger partial charge in [-0.1, -0.05) is 6.07 Å². The minimum atomic E-state index is -1.24. The highest BCUT2D eigenvalue weighted by atomic mass is 16.4. The van der Waals surface area contributed by atoms with Crippen LogP contribution in [0.1, 0.15) is 23.2 Å². The van der Waals surface area contributed by atoms with Crippen molar-refractivity contribution in [2.24, 2.45) is 5.92 Å². The summed E-state index contributed by atoms with van der Waals surface area (Å²) in [6, 6.07) is 3.86. The van der Waals surface area contributed by atoms with Crippen molar-refractivity contribution < 1.29 is 19.8 Å². The van der Waals surface area contributed by atoms with E-state index in [9.17, 15) is 14.7 Å². The first-order chi connectivity index (χ1) is 8.99. The van der Waals surface area contributed by atoms with E-state index in [1.807, 2.05) is 0 Å². The number of rotatable bonds is 4. The second-order valence-electron chi connectivity index (χ2n) is 4.76. The average molecular weight is 264 g/mol. The molecule has 0 radical (unpaired) electrons. The zero-order valence-electron chi connectivity index (χ0n) is 10.6. The summed E-state index contributed by atoms with van der Waals surface area (Å²) in [5.41, 5.74) is -0.129. The molecule has 0 aromatic heterocycles. The van der Waals surface area contributed by atoms with Gasteiger partial charge in [0.05, 0.1) is 5.69 Å². The molecule has 6 heteroatoms. The highest BCUT2D eigenvalue weighted by Crippen LogP contribution is 2.30. The van der Waals surface area contributed by atoms with E-state index in [0.717, 1.165) is 12.8 Å². The highest BCUT2D eigenvalue weighted by Gasteiger charge is 2.25. The smallest absolute Gasteiger partial charge is 0.339 e. The van der Waals surface area contributed by atoms with Gasteiger partial charge in [0.1, 0.15) is 5.56 Å². The van der Waals surface area contributed by atoms with Crippen LogP contribution in [0.4, 0.5) is 10.5 Å². The molecule has 1 fully saturated rings. The maximum atomic E-state index is 11.9. The number of nitrogens with one attached hydrogen (secondary N) is 1. The largest absolute Gasteiger partial charge is 0.505 e. The average Bonchev–Trinajstić information content (AvgIpc) is 3.15. The van der Waals surface area contributed by atoms with Crippen molar-refractivity contribution in [1.82, 2.24) is 4.90 Å². The van der Waals surface area contributed by atoms with Crippen molar-refractivity contribution in [1.29, 1.82) is 0 Å². The van der Waals surface area contributed by atoms with Gasteiger partial charge in [-0.2, -0.15) is 0 Å². The lowest BCUT2D eigenvalue weighted by Gasteiger charge is -2.18. The molecule has 19 heavy (non-hydrogen) atoms. The minimum Gasteiger partial charge on any atom is -0.505 e. The second kappa shape index (κ2) is 5.17. The molecule has 2 amide bonds. The second-order valence-corrected chi connectivity index (χ2v) is 4.76. The lowest BCUT2D eigenvalue weighted by atomic mass is 10.1. The molecule has 102 valence electrons. The standard InChI is InChI=1S/C13H16N2O4/c1-15(7-8-5-6-8)13(19)14-10-4-2-3-9(11(10)16)12(17)18/h2-4,8,16H,5-7H2,1H3,(H,14,19)(H,17,18). The quantitative estimate of drug-likeness (QED) is 0.725. The summed E-state index contributed by atoms with van der Waals surface area (Å²) in [5, 5.41) is 21.2. The fourth-order valence-electron chi connectivity index (χ4n) is 1.80. The summed E-state index contributed by atoms with van der Waals surface area (Å²) in [6.07, 6.45) is 2.27. The van der Waals surface area contributed by atoms with Crippen LogP contribution in [-0.2, 0) is 0 Å². The third-order valence-electron chi connectivity index (χ3n) is 3.08. The summed E-state index contributed by atoms with van der Waals surface area (Å²) in [4.78, 5) is 24.3. The topological polar surface area (TPSA) is 89.9 Å². The lowest BCUT2D eigenvalue weighted by molar-refractivity contribution is 0.0693. The Bertz CT molecular complexity index is 511. The molecule has 1 aliphatic carbocycles. The molecular formula is C13H16N2O4. The van der Waals surface area contributed by atoms with Crippen LogP contribution in [0.3, 0.4) is 0 Å². The number of aromatic hydroxyl groups is 1. The number of anilines is 1. The third-order valence-corrected chi connectivity index (χ3v) is 3.08. The van der Waals surface area contributed by atoms with Crippen molar-refractivity contribution in [3.63, 3.8) is 0 Å². The SMILES string of the molecule is CN(CC1CC1)C(=O)Nc1cccc(C(=O)O)c1O. The summed E-state index contributed by atoms with van der Waals surface area (Å²) in [6.45, 7) is 0.672. The van der Waals surface area contributed by atoms with E-state index in [-0.39, 0.29) is 17.3 Å². The highest BCUT2D eigenvalue weighted by molar-refractivity contribution is 5.97. The summed E-state index contributed by atoms with van der Waals surface area (Å²) in [5.74, 6) is -1.10. The number of benzene rings is 1. The molecule has 1 aliphatic rings. The Morgan fingerprint density at radius 2 is 2.11 bits per heavy atom. The number of urea groups is 1. The predicted octanol–water partition coefficient (Wildman–Crippen LogP) is 1.96. The van der Waals surface area contributed by atoms with Gasteiger partial charge in [-0.15, -0.1) is 0 Å². The molecule has 0 bridgehead atoms. The third kappa shape index (κ3) is 3.15. The van der Waals surface area contributed by atoms with Crippen LogP contribution < -0.4 is 5.32 Å². The number of carboxylic acid groups (broad SMARTS) is 1. The van der Waals surface area contributed by atoms with E-state index in [2.05, 4.69) is 5.32 Å². The van der Waals surface area contributed by atoms with E-state index >= 15 is 0 Å². The lowest BCUT2D eigenvalue weighted by Crippen LogP contribution is -2.33. The molecule has 0 atom stereocenters. The molecular weight excluding hydrogens is 248 g/mol. The van der Waals surface area contributed by atoms with E-state index in [1.165, 1.54) is 23.1 Å². The van der Waals surface area contributed by atoms with Crippen molar-refractivity contribution in [2.75, 3.05) is 18.9 Å². The van der Waals surface area contributed by atoms with E-state index in [0.29, 0.717) is 12.5 Å². The van der Waals surface area contributed by atoms with Crippen molar-refractivity contribution in [3.8, 4) is 5.75 Å². The normalized spacial score (nSPS) is 13.9. The molecule has 2 rings (SSSR count). The van der Waals surface area contributed by atoms with Crippen LogP contribution >= 0.6 is 0 Å². The predicted molar refractivity (Wildman–Crippen MR) is 69.4 cm³/mol. The monoisotopic (exact) mass is 264 g/mol. The number of aromatic carboxylic acids is 1. The fourth-order valence-corrected chi connectivity index (χ4v) is 1.80. The summed E-state index contributed by atoms with van der Waals surface area (Å²) >= 11 is 0. The number of phenols is 1. The first-order valence-electron chi connectivity index (χ1n) is 6.06. The number of hydrogen-bond acceptors (Lipinski definition) is 3. The van der Waals surface area contributed by atoms with Crippen LogP contribution in [0.15, 0.2) is 18.2 Å². The zero-order chi connectivity index (χ0) is 14.0. The molecule has 3 N–H and O–H groups in total. The number of carboxylic acids is 1. The number of amides is 2. The van der Waals surface area contributed by atoms with Gasteiger partial charge in [-0.05, 0) is 30.9 Å². The van der Waals surface area contributed by atoms with Gasteiger partial charge in [-0.25, -0.2) is 9.59 Å². The first kappa shape index (κ1) is 13.2. The minimum absolute atomic E-state index is 0.104. The Hall–Kier alpha value is -2.24. The van der Waals surface area contributed by atoms with Crippen LogP contribution in [0.2, 0.25) is 0 Å². The van der Waals surface area contributed by atoms with Crippen LogP contribution in [0.25, 0.3) is 0 Å². The van der Waals surface area contributed by atoms with Gasteiger partial charge >= 0.3 is 12.0 Å². The number of nitrogens with zero attached hydrogens (tertiary/aromatic N) is 1. The Morgan fingerprint density at radius 3 is 2.68 bits per heavy atom. The Kier molecular flexibility index (Phi) is 3.59. The zero-order valence-corrected chi connectivity index (χ0v) is 10.6. The van der Waals surface area contributed by atoms with Gasteiger partial charge in [0, 0.05) is 13.6 Å². The Morgan fingerprint density at radius 1 is 1.42 bits per heavy atom. The molecule has 0 unspecified atom stereocenters. The number of carbonyl (C=O) groups is 2. The van der Waals surface area contributed by atoms with Gasteiger partial charge in [0.15, 0.2) is 5.75 Å². The molecule has 0 heterocycles. The molecule has 0 aliphatic heterocycles. The molecule has 0 spiro atoms. The van der Waals surface area contributed by atoms with E-state index in [1.54, 1.807) is 7.05 Å². The maximum absolute atomic E-state index is 11.9. The number of para-hydroxylation sites is 1. The summed E-state index contributed by atoms with van der Waals surface area (Å²) < 4.78 is 0. The molecule has 1 aromatic rings. The molecule has 6 nitrogen and oxygen atoms in total. The molecule has 1 saturated carbocycles. The van der Waals surface area contributed by atoms with Crippen molar-refractivity contribution >= 4 is 17.7 Å². The fraction of sp³-hybridized carbons (Fsp3) is 0.385.